The van der Waals surface area contributed by atoms with Crippen LogP contribution in [0.25, 0.3) is 0 Å². The second-order valence-corrected chi connectivity index (χ2v) is 6.94. The van der Waals surface area contributed by atoms with Gasteiger partial charge in [0.25, 0.3) is 0 Å². The van der Waals surface area contributed by atoms with Gasteiger partial charge in [0.2, 0.25) is 0 Å². The standard InChI is InChI=1S/C17H29N5O/c1-12(2)22-10-14-4-5-15(8-16(14)21-22)20-17(18-3)19-9-13-6-7-23-11-13/h10,12-13,15H,4-9,11H2,1-3H3,(H2,18,19,20). The molecule has 2 unspecified atom stereocenters. The van der Waals surface area contributed by atoms with Crippen LogP contribution in [0.2, 0.25) is 0 Å². The lowest BCUT2D eigenvalue weighted by molar-refractivity contribution is 0.186. The van der Waals surface area contributed by atoms with Crippen LogP contribution in [0.4, 0.5) is 0 Å². The van der Waals surface area contributed by atoms with Gasteiger partial charge in [0.1, 0.15) is 0 Å². The fourth-order valence-electron chi connectivity index (χ4n) is 3.27. The number of aromatic nitrogens is 2. The van der Waals surface area contributed by atoms with Gasteiger partial charge in [-0.05, 0) is 38.7 Å². The van der Waals surface area contributed by atoms with E-state index in [-0.39, 0.29) is 0 Å². The highest BCUT2D eigenvalue weighted by atomic mass is 16.5. The molecule has 2 heterocycles. The summed E-state index contributed by atoms with van der Waals surface area (Å²) in [5.74, 6) is 1.50. The van der Waals surface area contributed by atoms with E-state index < -0.39 is 0 Å². The molecule has 1 aromatic rings. The van der Waals surface area contributed by atoms with Crippen molar-refractivity contribution in [3.05, 3.63) is 17.5 Å². The SMILES string of the molecule is CN=C(NCC1CCOC1)NC1CCc2cn(C(C)C)nc2C1. The summed E-state index contributed by atoms with van der Waals surface area (Å²) in [6.45, 7) is 7.03. The second kappa shape index (κ2) is 7.34. The number of guanidine groups is 1. The number of hydrogen-bond donors (Lipinski definition) is 2. The third kappa shape index (κ3) is 4.05. The van der Waals surface area contributed by atoms with Crippen LogP contribution in [0, 0.1) is 5.92 Å². The van der Waals surface area contributed by atoms with Gasteiger partial charge in [-0.3, -0.25) is 9.67 Å². The van der Waals surface area contributed by atoms with E-state index in [0.717, 1.165) is 51.4 Å². The number of ether oxygens (including phenoxy) is 1. The summed E-state index contributed by atoms with van der Waals surface area (Å²) >= 11 is 0. The van der Waals surface area contributed by atoms with Crippen LogP contribution >= 0.6 is 0 Å². The molecule has 1 fully saturated rings. The Labute approximate surface area is 138 Å². The zero-order valence-electron chi connectivity index (χ0n) is 14.5. The monoisotopic (exact) mass is 319 g/mol. The van der Waals surface area contributed by atoms with Crippen LogP contribution in [0.15, 0.2) is 11.2 Å². The van der Waals surface area contributed by atoms with Crippen molar-refractivity contribution >= 4 is 5.96 Å². The topological polar surface area (TPSA) is 63.5 Å². The first-order chi connectivity index (χ1) is 11.2. The summed E-state index contributed by atoms with van der Waals surface area (Å²) in [4.78, 5) is 4.36. The third-order valence-electron chi connectivity index (χ3n) is 4.77. The van der Waals surface area contributed by atoms with Crippen molar-refractivity contribution < 1.29 is 4.74 Å². The van der Waals surface area contributed by atoms with Gasteiger partial charge in [-0.1, -0.05) is 0 Å². The fourth-order valence-corrected chi connectivity index (χ4v) is 3.27. The molecule has 23 heavy (non-hydrogen) atoms. The number of nitrogens with one attached hydrogen (secondary N) is 2. The van der Waals surface area contributed by atoms with Crippen LogP contribution in [0.1, 0.15) is 44.0 Å². The van der Waals surface area contributed by atoms with E-state index in [1.165, 1.54) is 11.3 Å². The molecular formula is C17H29N5O. The minimum absolute atomic E-state index is 0.407. The molecule has 0 amide bonds. The Balaban J connectivity index is 1.53. The largest absolute Gasteiger partial charge is 0.381 e. The Morgan fingerprint density at radius 1 is 1.48 bits per heavy atom. The van der Waals surface area contributed by atoms with Gasteiger partial charge in [0.15, 0.2) is 5.96 Å². The smallest absolute Gasteiger partial charge is 0.191 e. The van der Waals surface area contributed by atoms with Crippen LogP contribution in [-0.2, 0) is 17.6 Å². The number of aryl methyl sites for hydroxylation is 1. The van der Waals surface area contributed by atoms with Crippen molar-refractivity contribution in [2.75, 3.05) is 26.8 Å². The van der Waals surface area contributed by atoms with E-state index in [1.54, 1.807) is 0 Å². The summed E-state index contributed by atoms with van der Waals surface area (Å²) in [6, 6.07) is 0.833. The summed E-state index contributed by atoms with van der Waals surface area (Å²) in [5, 5.41) is 11.7. The molecule has 128 valence electrons. The van der Waals surface area contributed by atoms with Gasteiger partial charge in [0.05, 0.1) is 12.3 Å². The predicted octanol–water partition coefficient (Wildman–Crippen LogP) is 1.52. The summed E-state index contributed by atoms with van der Waals surface area (Å²) in [5.41, 5.74) is 2.64. The Kier molecular flexibility index (Phi) is 5.20. The number of hydrogen-bond acceptors (Lipinski definition) is 3. The van der Waals surface area contributed by atoms with E-state index in [9.17, 15) is 0 Å². The number of rotatable bonds is 4. The Hall–Kier alpha value is -1.56. The van der Waals surface area contributed by atoms with Crippen molar-refractivity contribution in [1.29, 1.82) is 0 Å². The van der Waals surface area contributed by atoms with E-state index in [2.05, 4.69) is 40.4 Å². The van der Waals surface area contributed by atoms with Crippen LogP contribution in [0.5, 0.6) is 0 Å². The minimum Gasteiger partial charge on any atom is -0.381 e. The maximum absolute atomic E-state index is 5.42. The first-order valence-electron chi connectivity index (χ1n) is 8.77. The molecule has 1 aromatic heterocycles. The number of fused-ring (bicyclic) bond motifs is 1. The average molecular weight is 319 g/mol. The lowest BCUT2D eigenvalue weighted by atomic mass is 9.94. The van der Waals surface area contributed by atoms with Crippen molar-refractivity contribution in [2.24, 2.45) is 10.9 Å². The zero-order valence-corrected chi connectivity index (χ0v) is 14.5. The number of aliphatic imine (C=N–C) groups is 1. The molecule has 0 radical (unpaired) electrons. The van der Waals surface area contributed by atoms with E-state index in [4.69, 9.17) is 9.84 Å². The van der Waals surface area contributed by atoms with Crippen LogP contribution in [-0.4, -0.2) is 48.6 Å². The van der Waals surface area contributed by atoms with Crippen molar-refractivity contribution in [3.63, 3.8) is 0 Å². The summed E-state index contributed by atoms with van der Waals surface area (Å²) < 4.78 is 7.51. The molecule has 3 rings (SSSR count). The molecule has 0 aromatic carbocycles. The first kappa shape index (κ1) is 16.3. The first-order valence-corrected chi connectivity index (χ1v) is 8.77. The highest BCUT2D eigenvalue weighted by Gasteiger charge is 2.23. The molecule has 0 spiro atoms. The molecule has 0 saturated carbocycles. The van der Waals surface area contributed by atoms with Gasteiger partial charge < -0.3 is 15.4 Å². The molecule has 2 N–H and O–H groups in total. The molecule has 0 bridgehead atoms. The molecule has 2 aliphatic rings. The lowest BCUT2D eigenvalue weighted by Gasteiger charge is -2.25. The Morgan fingerprint density at radius 3 is 3.04 bits per heavy atom. The van der Waals surface area contributed by atoms with Crippen LogP contribution < -0.4 is 10.6 Å². The second-order valence-electron chi connectivity index (χ2n) is 6.94. The zero-order chi connectivity index (χ0) is 16.2. The van der Waals surface area contributed by atoms with Gasteiger partial charge in [-0.25, -0.2) is 0 Å². The van der Waals surface area contributed by atoms with Crippen molar-refractivity contribution in [2.45, 2.75) is 51.6 Å². The predicted molar refractivity (Wildman–Crippen MR) is 91.8 cm³/mol. The lowest BCUT2D eigenvalue weighted by Crippen LogP contribution is -2.46. The van der Waals surface area contributed by atoms with Gasteiger partial charge >= 0.3 is 0 Å². The molecular weight excluding hydrogens is 290 g/mol. The van der Waals surface area contributed by atoms with Crippen LogP contribution in [0.3, 0.4) is 0 Å². The highest BCUT2D eigenvalue weighted by Crippen LogP contribution is 2.21. The van der Waals surface area contributed by atoms with E-state index in [1.807, 2.05) is 7.05 Å². The quantitative estimate of drug-likeness (QED) is 0.652. The normalized spacial score (nSPS) is 24.8. The highest BCUT2D eigenvalue weighted by molar-refractivity contribution is 5.80. The minimum atomic E-state index is 0.407. The molecule has 6 heteroatoms. The van der Waals surface area contributed by atoms with Crippen molar-refractivity contribution in [1.82, 2.24) is 20.4 Å². The number of nitrogens with zero attached hydrogens (tertiary/aromatic N) is 3. The van der Waals surface area contributed by atoms with E-state index in [0.29, 0.717) is 18.0 Å². The maximum atomic E-state index is 5.42. The van der Waals surface area contributed by atoms with Gasteiger partial charge in [-0.2, -0.15) is 5.10 Å². The molecule has 1 saturated heterocycles. The summed E-state index contributed by atoms with van der Waals surface area (Å²) in [6.07, 6.45) is 6.55. The maximum Gasteiger partial charge on any atom is 0.191 e. The molecule has 1 aliphatic carbocycles. The van der Waals surface area contributed by atoms with Crippen molar-refractivity contribution in [3.8, 4) is 0 Å². The average Bonchev–Trinajstić information content (AvgIpc) is 3.20. The third-order valence-corrected chi connectivity index (χ3v) is 4.77. The molecule has 2 atom stereocenters. The Bertz CT molecular complexity index is 545. The molecule has 6 nitrogen and oxygen atoms in total. The Morgan fingerprint density at radius 2 is 2.35 bits per heavy atom. The molecule has 1 aliphatic heterocycles. The van der Waals surface area contributed by atoms with Gasteiger partial charge in [0, 0.05) is 50.8 Å². The summed E-state index contributed by atoms with van der Waals surface area (Å²) in [7, 11) is 1.84. The van der Waals surface area contributed by atoms with Gasteiger partial charge in [-0.15, -0.1) is 0 Å². The van der Waals surface area contributed by atoms with E-state index >= 15 is 0 Å². The fraction of sp³-hybridized carbons (Fsp3) is 0.765.